The van der Waals surface area contributed by atoms with E-state index in [1.165, 1.54) is 66.2 Å². The molecule has 0 heterocycles. The summed E-state index contributed by atoms with van der Waals surface area (Å²) in [5.41, 5.74) is 0. The molecule has 0 saturated heterocycles. The fraction of sp³-hybridized carbons (Fsp3) is 0.909. The van der Waals surface area contributed by atoms with Gasteiger partial charge in [-0.25, -0.2) is 0 Å². The van der Waals surface area contributed by atoms with Gasteiger partial charge in [0.1, 0.15) is 0 Å². The molecule has 6 N–H and O–H groups in total. The summed E-state index contributed by atoms with van der Waals surface area (Å²) in [6.07, 6.45) is 21.2. The molecule has 0 aromatic heterocycles. The molecule has 2 aliphatic rings. The maximum atomic E-state index is 10.3. The number of carbonyl (C=O) groups is 4. The van der Waals surface area contributed by atoms with E-state index in [1.54, 1.807) is 0 Å². The Hall–Kier alpha value is -2.36. The summed E-state index contributed by atoms with van der Waals surface area (Å²) < 4.78 is 18.7. The first-order valence-corrected chi connectivity index (χ1v) is 22.0. The van der Waals surface area contributed by atoms with Crippen LogP contribution in [0.2, 0.25) is 0 Å². The van der Waals surface area contributed by atoms with Crippen LogP contribution in [-0.2, 0) is 38.1 Å². The Morgan fingerprint density at radius 3 is 0.897 bits per heavy atom. The van der Waals surface area contributed by atoms with Gasteiger partial charge in [-0.2, -0.15) is 0 Å². The number of rotatable bonds is 22. The maximum Gasteiger partial charge on any atom is 0.302 e. The second kappa shape index (κ2) is 50.8. The fourth-order valence-electron chi connectivity index (χ4n) is 5.36. The standard InChI is InChI=1S/2C8H16O3.C8H16O.C7H14O3.C7H14O.C6H12O3/c2*1-8(10)11-7-5-3-2-4-6-9;1-7-2-4-8(6-9)5-3-7;1-7(9)10-6-4-2-3-5-8;1-6-2-4-7(8)5-3-6;1-6(8)9-5-3-2-4-7/h2*9H,2-7H2,1H3;7-9H,2-6H2,1H3;8H,2-6H2,1H3;6-8H,2-5H2,1H3;7H,2-5H2,1H3. The molecule has 2 aliphatic carbocycles. The van der Waals surface area contributed by atoms with E-state index in [1.807, 2.05) is 0 Å². The molecule has 0 radical (unpaired) electrons. The Bertz CT molecular complexity index is 836. The van der Waals surface area contributed by atoms with Crippen LogP contribution in [0, 0.1) is 17.8 Å². The second-order valence-corrected chi connectivity index (χ2v) is 15.1. The van der Waals surface area contributed by atoms with Crippen LogP contribution in [0.1, 0.15) is 176 Å². The Morgan fingerprint density at radius 1 is 0.397 bits per heavy atom. The minimum Gasteiger partial charge on any atom is -0.466 e. The number of aliphatic hydroxyl groups is 6. The number of ether oxygens (including phenoxy) is 4. The maximum absolute atomic E-state index is 10.3. The Labute approximate surface area is 351 Å². The van der Waals surface area contributed by atoms with Crippen LogP contribution in [0.15, 0.2) is 0 Å². The zero-order valence-corrected chi connectivity index (χ0v) is 37.5. The molecular formula is C44H88O14. The van der Waals surface area contributed by atoms with E-state index in [9.17, 15) is 19.2 Å². The predicted octanol–water partition coefficient (Wildman–Crippen LogP) is 6.60. The normalized spacial score (nSPS) is 17.9. The summed E-state index contributed by atoms with van der Waals surface area (Å²) in [6.45, 7) is 13.4. The van der Waals surface area contributed by atoms with Crippen LogP contribution in [-0.4, -0.2) is 120 Å². The van der Waals surface area contributed by atoms with Gasteiger partial charge < -0.3 is 49.6 Å². The number of hydrogen-bond donors (Lipinski definition) is 6. The summed E-state index contributed by atoms with van der Waals surface area (Å²) in [5, 5.41) is 51.3. The van der Waals surface area contributed by atoms with E-state index in [0.29, 0.717) is 45.4 Å². The lowest BCUT2D eigenvalue weighted by Gasteiger charge is -2.23. The third-order valence-corrected chi connectivity index (χ3v) is 9.06. The largest absolute Gasteiger partial charge is 0.466 e. The quantitative estimate of drug-likeness (QED) is 0.0384. The number of hydrogen-bond acceptors (Lipinski definition) is 14. The van der Waals surface area contributed by atoms with Gasteiger partial charge in [0, 0.05) is 60.7 Å². The van der Waals surface area contributed by atoms with Gasteiger partial charge in [-0.15, -0.1) is 0 Å². The average molecular weight is 841 g/mol. The molecule has 2 saturated carbocycles. The van der Waals surface area contributed by atoms with Gasteiger partial charge in [0.2, 0.25) is 0 Å². The van der Waals surface area contributed by atoms with Crippen molar-refractivity contribution in [1.82, 2.24) is 0 Å². The van der Waals surface area contributed by atoms with Gasteiger partial charge in [0.15, 0.2) is 0 Å². The van der Waals surface area contributed by atoms with E-state index in [0.717, 1.165) is 102 Å². The van der Waals surface area contributed by atoms with Crippen molar-refractivity contribution in [3.8, 4) is 0 Å². The van der Waals surface area contributed by atoms with Crippen LogP contribution in [0.5, 0.6) is 0 Å². The number of unbranched alkanes of at least 4 members (excludes halogenated alkanes) is 9. The molecule has 0 amide bonds. The highest BCUT2D eigenvalue weighted by atomic mass is 16.5. The van der Waals surface area contributed by atoms with Gasteiger partial charge in [-0.3, -0.25) is 19.2 Å². The number of carbonyl (C=O) groups excluding carboxylic acids is 4. The van der Waals surface area contributed by atoms with E-state index in [4.69, 9.17) is 40.1 Å². The molecule has 0 spiro atoms. The average Bonchev–Trinajstić information content (AvgIpc) is 3.18. The first kappa shape index (κ1) is 62.3. The Morgan fingerprint density at radius 2 is 0.638 bits per heavy atom. The first-order valence-electron chi connectivity index (χ1n) is 22.0. The van der Waals surface area contributed by atoms with Crippen molar-refractivity contribution >= 4 is 23.9 Å². The topological polar surface area (TPSA) is 227 Å². The molecule has 2 rings (SSSR count). The molecule has 14 nitrogen and oxygen atoms in total. The fourth-order valence-corrected chi connectivity index (χ4v) is 5.36. The summed E-state index contributed by atoms with van der Waals surface area (Å²) >= 11 is 0. The van der Waals surface area contributed by atoms with Crippen molar-refractivity contribution in [2.24, 2.45) is 17.8 Å². The molecule has 58 heavy (non-hydrogen) atoms. The monoisotopic (exact) mass is 841 g/mol. The van der Waals surface area contributed by atoms with Gasteiger partial charge in [-0.05, 0) is 127 Å². The summed E-state index contributed by atoms with van der Waals surface area (Å²) in [4.78, 5) is 40.9. The van der Waals surface area contributed by atoms with E-state index >= 15 is 0 Å². The van der Waals surface area contributed by atoms with E-state index in [2.05, 4.69) is 23.3 Å². The van der Waals surface area contributed by atoms with Gasteiger partial charge in [0.25, 0.3) is 0 Å². The molecular weight excluding hydrogens is 752 g/mol. The lowest BCUT2D eigenvalue weighted by atomic mass is 9.84. The van der Waals surface area contributed by atoms with Gasteiger partial charge in [0.05, 0.1) is 32.5 Å². The molecule has 2 fully saturated rings. The Kier molecular flexibility index (Phi) is 54.5. The van der Waals surface area contributed by atoms with Crippen molar-refractivity contribution in [3.05, 3.63) is 0 Å². The minimum atomic E-state index is -0.257. The highest BCUT2D eigenvalue weighted by Crippen LogP contribution is 2.27. The zero-order valence-electron chi connectivity index (χ0n) is 37.5. The lowest BCUT2D eigenvalue weighted by Crippen LogP contribution is -2.15. The second-order valence-electron chi connectivity index (χ2n) is 15.1. The molecule has 0 atom stereocenters. The predicted molar refractivity (Wildman–Crippen MR) is 227 cm³/mol. The summed E-state index contributed by atoms with van der Waals surface area (Å²) in [7, 11) is 0. The summed E-state index contributed by atoms with van der Waals surface area (Å²) in [6, 6.07) is 0. The Balaban J connectivity index is -0.000000302. The van der Waals surface area contributed by atoms with Crippen LogP contribution in [0.3, 0.4) is 0 Å². The van der Waals surface area contributed by atoms with Crippen molar-refractivity contribution < 1.29 is 68.8 Å². The highest BCUT2D eigenvalue weighted by molar-refractivity contribution is 5.66. The smallest absolute Gasteiger partial charge is 0.302 e. The third-order valence-electron chi connectivity index (χ3n) is 9.06. The van der Waals surface area contributed by atoms with E-state index < -0.39 is 0 Å². The lowest BCUT2D eigenvalue weighted by molar-refractivity contribution is -0.142. The van der Waals surface area contributed by atoms with Crippen LogP contribution in [0.25, 0.3) is 0 Å². The van der Waals surface area contributed by atoms with Crippen LogP contribution < -0.4 is 0 Å². The van der Waals surface area contributed by atoms with Crippen LogP contribution in [0.4, 0.5) is 0 Å². The molecule has 0 unspecified atom stereocenters. The molecule has 0 aliphatic heterocycles. The molecule has 0 aromatic rings. The molecule has 0 aromatic carbocycles. The molecule has 0 bridgehead atoms. The van der Waals surface area contributed by atoms with Crippen molar-refractivity contribution in [1.29, 1.82) is 0 Å². The SMILES string of the molecule is CC(=O)OCCCCCCO.CC(=O)OCCCCCCO.CC(=O)OCCCCCO.CC(=O)OCCCCO.CC1CCC(CO)CC1.CC1CCC(O)CC1. The number of esters is 4. The molecule has 14 heteroatoms. The highest BCUT2D eigenvalue weighted by Gasteiger charge is 2.16. The van der Waals surface area contributed by atoms with Crippen molar-refractivity contribution in [2.75, 3.05) is 59.5 Å². The minimum absolute atomic E-state index is 0.0196. The molecule has 348 valence electrons. The summed E-state index contributed by atoms with van der Waals surface area (Å²) in [5.74, 6) is 1.48. The van der Waals surface area contributed by atoms with Gasteiger partial charge in [-0.1, -0.05) is 39.5 Å². The van der Waals surface area contributed by atoms with E-state index in [-0.39, 0.29) is 56.4 Å². The first-order chi connectivity index (χ1) is 27.7. The zero-order chi connectivity index (χ0) is 44.7. The van der Waals surface area contributed by atoms with Crippen molar-refractivity contribution in [2.45, 2.75) is 182 Å². The number of aliphatic hydroxyl groups excluding tert-OH is 6. The van der Waals surface area contributed by atoms with Gasteiger partial charge >= 0.3 is 23.9 Å². The third kappa shape index (κ3) is 62.8. The van der Waals surface area contributed by atoms with Crippen molar-refractivity contribution in [3.63, 3.8) is 0 Å². The van der Waals surface area contributed by atoms with Crippen LogP contribution >= 0.6 is 0 Å².